The third kappa shape index (κ3) is 4.33. The van der Waals surface area contributed by atoms with E-state index in [2.05, 4.69) is 5.32 Å². The normalized spacial score (nSPS) is 12.7. The number of halogens is 1. The minimum Gasteiger partial charge on any atom is -0.486 e. The number of benzene rings is 2. The summed E-state index contributed by atoms with van der Waals surface area (Å²) < 4.78 is 11.0. The zero-order valence-corrected chi connectivity index (χ0v) is 14.0. The highest BCUT2D eigenvalue weighted by molar-refractivity contribution is 8.00. The summed E-state index contributed by atoms with van der Waals surface area (Å²) in [6.07, 6.45) is 0. The first kappa shape index (κ1) is 16.0. The van der Waals surface area contributed by atoms with Crippen molar-refractivity contribution in [2.75, 3.05) is 19.0 Å². The maximum absolute atomic E-state index is 12.0. The fraction of sp³-hybridized carbons (Fsp3) is 0.235. The lowest BCUT2D eigenvalue weighted by Gasteiger charge is -2.18. The van der Waals surface area contributed by atoms with Crippen LogP contribution >= 0.6 is 23.4 Å². The van der Waals surface area contributed by atoms with E-state index in [1.54, 1.807) is 0 Å². The SMILES string of the molecule is O=C(CSc1ccc2c(c1)OCCO2)NCc1ccccc1Cl. The quantitative estimate of drug-likeness (QED) is 0.839. The predicted octanol–water partition coefficient (Wildman–Crippen LogP) is 3.52. The summed E-state index contributed by atoms with van der Waals surface area (Å²) in [7, 11) is 0. The molecule has 1 aliphatic heterocycles. The number of hydrogen-bond acceptors (Lipinski definition) is 4. The molecule has 3 rings (SSSR count). The third-order valence-corrected chi connectivity index (χ3v) is 4.68. The average molecular weight is 350 g/mol. The molecule has 6 heteroatoms. The van der Waals surface area contributed by atoms with Crippen LogP contribution in [-0.4, -0.2) is 24.9 Å². The van der Waals surface area contributed by atoms with Crippen molar-refractivity contribution in [2.45, 2.75) is 11.4 Å². The van der Waals surface area contributed by atoms with Crippen LogP contribution < -0.4 is 14.8 Å². The van der Waals surface area contributed by atoms with E-state index in [0.29, 0.717) is 30.5 Å². The molecular formula is C17H16ClNO3S. The van der Waals surface area contributed by atoms with E-state index < -0.39 is 0 Å². The van der Waals surface area contributed by atoms with Gasteiger partial charge in [-0.3, -0.25) is 4.79 Å². The van der Waals surface area contributed by atoms with Crippen LogP contribution in [0.15, 0.2) is 47.4 Å². The molecule has 0 bridgehead atoms. The van der Waals surface area contributed by atoms with Crippen LogP contribution in [0.5, 0.6) is 11.5 Å². The number of thioether (sulfide) groups is 1. The molecule has 1 amide bonds. The second-order valence-electron chi connectivity index (χ2n) is 4.96. The van der Waals surface area contributed by atoms with Crippen LogP contribution in [0.25, 0.3) is 0 Å². The number of fused-ring (bicyclic) bond motifs is 1. The first-order valence-corrected chi connectivity index (χ1v) is 8.61. The Morgan fingerprint density at radius 2 is 1.91 bits per heavy atom. The van der Waals surface area contributed by atoms with E-state index in [-0.39, 0.29) is 5.91 Å². The molecule has 0 radical (unpaired) electrons. The number of rotatable bonds is 5. The molecule has 0 atom stereocenters. The van der Waals surface area contributed by atoms with Gasteiger partial charge in [0.25, 0.3) is 0 Å². The van der Waals surface area contributed by atoms with Gasteiger partial charge in [-0.15, -0.1) is 11.8 Å². The summed E-state index contributed by atoms with van der Waals surface area (Å²) in [5.74, 6) is 1.79. The maximum Gasteiger partial charge on any atom is 0.230 e. The predicted molar refractivity (Wildman–Crippen MR) is 91.5 cm³/mol. The van der Waals surface area contributed by atoms with Gasteiger partial charge >= 0.3 is 0 Å². The molecule has 0 aromatic heterocycles. The van der Waals surface area contributed by atoms with Gasteiger partial charge in [-0.25, -0.2) is 0 Å². The van der Waals surface area contributed by atoms with Crippen molar-refractivity contribution in [1.82, 2.24) is 5.32 Å². The number of ether oxygens (including phenoxy) is 2. The lowest BCUT2D eigenvalue weighted by atomic mass is 10.2. The summed E-state index contributed by atoms with van der Waals surface area (Å²) in [6, 6.07) is 13.2. The fourth-order valence-electron chi connectivity index (χ4n) is 2.15. The van der Waals surface area contributed by atoms with Crippen molar-refractivity contribution in [3.05, 3.63) is 53.1 Å². The highest BCUT2D eigenvalue weighted by atomic mass is 35.5. The Balaban J connectivity index is 1.50. The van der Waals surface area contributed by atoms with Gasteiger partial charge in [0.2, 0.25) is 5.91 Å². The first-order chi connectivity index (χ1) is 11.2. The minimum atomic E-state index is -0.0372. The van der Waals surface area contributed by atoms with Crippen molar-refractivity contribution in [2.24, 2.45) is 0 Å². The number of amides is 1. The van der Waals surface area contributed by atoms with Gasteiger partial charge in [0.1, 0.15) is 13.2 Å². The van der Waals surface area contributed by atoms with E-state index in [1.165, 1.54) is 11.8 Å². The third-order valence-electron chi connectivity index (χ3n) is 3.32. The summed E-state index contributed by atoms with van der Waals surface area (Å²) in [5.41, 5.74) is 0.909. The van der Waals surface area contributed by atoms with E-state index in [4.69, 9.17) is 21.1 Å². The molecular weight excluding hydrogens is 334 g/mol. The Morgan fingerprint density at radius 1 is 1.13 bits per heavy atom. The molecule has 120 valence electrons. The highest BCUT2D eigenvalue weighted by Gasteiger charge is 2.12. The smallest absolute Gasteiger partial charge is 0.230 e. The van der Waals surface area contributed by atoms with Gasteiger partial charge in [0.15, 0.2) is 11.5 Å². The Bertz CT molecular complexity index is 708. The highest BCUT2D eigenvalue weighted by Crippen LogP contribution is 2.34. The van der Waals surface area contributed by atoms with E-state index in [9.17, 15) is 4.79 Å². The molecule has 0 aliphatic carbocycles. The summed E-state index contributed by atoms with van der Waals surface area (Å²) in [5, 5.41) is 3.53. The maximum atomic E-state index is 12.0. The molecule has 1 heterocycles. The molecule has 1 aliphatic rings. The van der Waals surface area contributed by atoms with E-state index in [1.807, 2.05) is 42.5 Å². The number of carbonyl (C=O) groups excluding carboxylic acids is 1. The Kier molecular flexibility index (Phi) is 5.31. The molecule has 4 nitrogen and oxygen atoms in total. The van der Waals surface area contributed by atoms with Gasteiger partial charge in [-0.05, 0) is 29.8 Å². The number of hydrogen-bond donors (Lipinski definition) is 1. The second-order valence-corrected chi connectivity index (χ2v) is 6.42. The molecule has 0 saturated carbocycles. The lowest BCUT2D eigenvalue weighted by Crippen LogP contribution is -2.24. The van der Waals surface area contributed by atoms with Gasteiger partial charge in [-0.1, -0.05) is 29.8 Å². The summed E-state index contributed by atoms with van der Waals surface area (Å²) in [6.45, 7) is 1.56. The zero-order chi connectivity index (χ0) is 16.1. The van der Waals surface area contributed by atoms with Crippen LogP contribution in [-0.2, 0) is 11.3 Å². The lowest BCUT2D eigenvalue weighted by molar-refractivity contribution is -0.118. The summed E-state index contributed by atoms with van der Waals surface area (Å²) >= 11 is 7.53. The molecule has 1 N–H and O–H groups in total. The van der Waals surface area contributed by atoms with E-state index >= 15 is 0 Å². The van der Waals surface area contributed by atoms with Gasteiger partial charge in [0, 0.05) is 16.5 Å². The van der Waals surface area contributed by atoms with Crippen molar-refractivity contribution >= 4 is 29.3 Å². The van der Waals surface area contributed by atoms with Gasteiger partial charge < -0.3 is 14.8 Å². The monoisotopic (exact) mass is 349 g/mol. The number of carbonyl (C=O) groups is 1. The minimum absolute atomic E-state index is 0.0372. The Labute approximate surface area is 144 Å². The van der Waals surface area contributed by atoms with Crippen LogP contribution in [0.1, 0.15) is 5.56 Å². The molecule has 0 saturated heterocycles. The van der Waals surface area contributed by atoms with Gasteiger partial charge in [-0.2, -0.15) is 0 Å². The fourth-order valence-corrected chi connectivity index (χ4v) is 3.11. The largest absolute Gasteiger partial charge is 0.486 e. The Morgan fingerprint density at radius 3 is 2.74 bits per heavy atom. The van der Waals surface area contributed by atoms with E-state index in [0.717, 1.165) is 22.0 Å². The van der Waals surface area contributed by atoms with Crippen LogP contribution in [0.2, 0.25) is 5.02 Å². The summed E-state index contributed by atoms with van der Waals surface area (Å²) in [4.78, 5) is 12.9. The standard InChI is InChI=1S/C17H16ClNO3S/c18-14-4-2-1-3-12(14)10-19-17(20)11-23-13-5-6-15-16(9-13)22-8-7-21-15/h1-6,9H,7-8,10-11H2,(H,19,20). The molecule has 0 spiro atoms. The van der Waals surface area contributed by atoms with Crippen molar-refractivity contribution in [3.8, 4) is 11.5 Å². The van der Waals surface area contributed by atoms with Crippen LogP contribution in [0, 0.1) is 0 Å². The van der Waals surface area contributed by atoms with Crippen molar-refractivity contribution < 1.29 is 14.3 Å². The van der Waals surface area contributed by atoms with Crippen LogP contribution in [0.4, 0.5) is 0 Å². The first-order valence-electron chi connectivity index (χ1n) is 7.25. The zero-order valence-electron chi connectivity index (χ0n) is 12.4. The molecule has 0 unspecified atom stereocenters. The molecule has 0 fully saturated rings. The molecule has 2 aromatic rings. The molecule has 23 heavy (non-hydrogen) atoms. The van der Waals surface area contributed by atoms with Crippen molar-refractivity contribution in [3.63, 3.8) is 0 Å². The van der Waals surface area contributed by atoms with Gasteiger partial charge in [0.05, 0.1) is 5.75 Å². The van der Waals surface area contributed by atoms with Crippen molar-refractivity contribution in [1.29, 1.82) is 0 Å². The Hall–Kier alpha value is -1.85. The topological polar surface area (TPSA) is 47.6 Å². The molecule has 2 aromatic carbocycles. The average Bonchev–Trinajstić information content (AvgIpc) is 2.59. The van der Waals surface area contributed by atoms with Crippen LogP contribution in [0.3, 0.4) is 0 Å². The number of nitrogens with one attached hydrogen (secondary N) is 1. The second kappa shape index (κ2) is 7.62.